The molecule has 0 saturated carbocycles. The molecule has 8 heteroatoms. The van der Waals surface area contributed by atoms with Crippen LogP contribution in [-0.2, 0) is 0 Å². The highest BCUT2D eigenvalue weighted by atomic mass is 79.9. The third-order valence-corrected chi connectivity index (χ3v) is 3.08. The van der Waals surface area contributed by atoms with Crippen molar-refractivity contribution < 1.29 is 13.9 Å². The summed E-state index contributed by atoms with van der Waals surface area (Å²) in [5.74, 6) is -0.961. The van der Waals surface area contributed by atoms with Crippen LogP contribution in [0.15, 0.2) is 16.6 Å². The number of nitrogens with zero attached hydrogens (tertiary/aromatic N) is 2. The number of methoxy groups -OCH3 is 1. The predicted molar refractivity (Wildman–Crippen MR) is 64.5 cm³/mol. The number of carbonyl (C=O) groups excluding carboxylic acids is 1. The molecular weight excluding hydrogens is 307 g/mol. The van der Waals surface area contributed by atoms with Crippen LogP contribution in [0.5, 0.6) is 5.75 Å². The molecule has 6 nitrogen and oxygen atoms in total. The smallest absolute Gasteiger partial charge is 0.271 e. The number of rotatable bonds is 3. The first-order valence-corrected chi connectivity index (χ1v) is 5.58. The lowest BCUT2D eigenvalue weighted by molar-refractivity contribution is 0.0996. The zero-order valence-electron chi connectivity index (χ0n) is 9.20. The SMILES string of the molecule is COc1ccc(F)c(-c2n[nH]nc2C(N)=O)c1Br. The fourth-order valence-electron chi connectivity index (χ4n) is 1.49. The van der Waals surface area contributed by atoms with Crippen molar-refractivity contribution in [1.82, 2.24) is 15.4 Å². The highest BCUT2D eigenvalue weighted by Crippen LogP contribution is 2.37. The molecule has 18 heavy (non-hydrogen) atoms. The van der Waals surface area contributed by atoms with Gasteiger partial charge in [0.15, 0.2) is 5.69 Å². The van der Waals surface area contributed by atoms with Gasteiger partial charge in [0.25, 0.3) is 5.91 Å². The number of nitrogens with two attached hydrogens (primary N) is 1. The number of aromatic amines is 1. The van der Waals surface area contributed by atoms with Crippen LogP contribution in [-0.4, -0.2) is 28.4 Å². The van der Waals surface area contributed by atoms with Gasteiger partial charge in [0.1, 0.15) is 17.3 Å². The molecule has 1 aromatic heterocycles. The van der Waals surface area contributed by atoms with E-state index in [0.717, 1.165) is 0 Å². The number of carbonyl (C=O) groups is 1. The van der Waals surface area contributed by atoms with E-state index >= 15 is 0 Å². The molecule has 1 heterocycles. The minimum absolute atomic E-state index is 0.0331. The van der Waals surface area contributed by atoms with Crippen molar-refractivity contribution in [3.05, 3.63) is 28.1 Å². The number of primary amides is 1. The van der Waals surface area contributed by atoms with E-state index in [0.29, 0.717) is 10.2 Å². The van der Waals surface area contributed by atoms with Gasteiger partial charge >= 0.3 is 0 Å². The third-order valence-electron chi connectivity index (χ3n) is 2.29. The Balaban J connectivity index is 2.70. The highest BCUT2D eigenvalue weighted by Gasteiger charge is 2.22. The Morgan fingerprint density at radius 1 is 1.50 bits per heavy atom. The molecule has 1 aromatic carbocycles. The summed E-state index contributed by atoms with van der Waals surface area (Å²) in [5.41, 5.74) is 5.10. The summed E-state index contributed by atoms with van der Waals surface area (Å²) in [6.07, 6.45) is 0. The third kappa shape index (κ3) is 1.94. The van der Waals surface area contributed by atoms with Crippen molar-refractivity contribution in [1.29, 1.82) is 0 Å². The topological polar surface area (TPSA) is 93.9 Å². The Hall–Kier alpha value is -1.96. The normalized spacial score (nSPS) is 10.4. The van der Waals surface area contributed by atoms with Crippen LogP contribution in [0.4, 0.5) is 4.39 Å². The maximum atomic E-state index is 13.9. The lowest BCUT2D eigenvalue weighted by Gasteiger charge is -2.08. The molecule has 0 spiro atoms. The molecule has 0 aliphatic carbocycles. The van der Waals surface area contributed by atoms with Crippen molar-refractivity contribution in [2.24, 2.45) is 5.73 Å². The molecule has 0 unspecified atom stereocenters. The number of H-pyrrole nitrogens is 1. The van der Waals surface area contributed by atoms with Crippen LogP contribution in [0, 0.1) is 5.82 Å². The Bertz CT molecular complexity index is 614. The van der Waals surface area contributed by atoms with Crippen LogP contribution in [0.1, 0.15) is 10.5 Å². The molecule has 0 aliphatic rings. The maximum absolute atomic E-state index is 13.9. The molecule has 0 fully saturated rings. The van der Waals surface area contributed by atoms with Gasteiger partial charge in [0, 0.05) is 0 Å². The van der Waals surface area contributed by atoms with Crippen LogP contribution < -0.4 is 10.5 Å². The van der Waals surface area contributed by atoms with E-state index < -0.39 is 11.7 Å². The summed E-state index contributed by atoms with van der Waals surface area (Å²) in [6, 6.07) is 2.66. The monoisotopic (exact) mass is 314 g/mol. The van der Waals surface area contributed by atoms with Crippen LogP contribution in [0.25, 0.3) is 11.3 Å². The largest absolute Gasteiger partial charge is 0.496 e. The Kier molecular flexibility index (Phi) is 3.28. The van der Waals surface area contributed by atoms with Crippen molar-refractivity contribution in [2.45, 2.75) is 0 Å². The summed E-state index contributed by atoms with van der Waals surface area (Å²) in [7, 11) is 1.44. The molecule has 0 atom stereocenters. The molecule has 3 N–H and O–H groups in total. The van der Waals surface area contributed by atoms with Crippen molar-refractivity contribution in [2.75, 3.05) is 7.11 Å². The number of benzene rings is 1. The molecule has 2 rings (SSSR count). The van der Waals surface area contributed by atoms with Crippen molar-refractivity contribution >= 4 is 21.8 Å². The molecule has 0 radical (unpaired) electrons. The maximum Gasteiger partial charge on any atom is 0.271 e. The van der Waals surface area contributed by atoms with Crippen LogP contribution >= 0.6 is 15.9 Å². The van der Waals surface area contributed by atoms with Gasteiger partial charge in [-0.2, -0.15) is 15.4 Å². The molecule has 1 amide bonds. The van der Waals surface area contributed by atoms with E-state index in [1.807, 2.05) is 0 Å². The zero-order valence-corrected chi connectivity index (χ0v) is 10.8. The Labute approximate surface area is 109 Å². The second-order valence-electron chi connectivity index (χ2n) is 3.32. The number of amides is 1. The lowest BCUT2D eigenvalue weighted by Crippen LogP contribution is -2.13. The minimum Gasteiger partial charge on any atom is -0.496 e. The van der Waals surface area contributed by atoms with E-state index in [1.54, 1.807) is 0 Å². The Morgan fingerprint density at radius 2 is 2.22 bits per heavy atom. The highest BCUT2D eigenvalue weighted by molar-refractivity contribution is 9.10. The molecule has 0 saturated heterocycles. The second kappa shape index (κ2) is 4.73. The average Bonchev–Trinajstić information content (AvgIpc) is 2.78. The first kappa shape index (κ1) is 12.5. The number of halogens is 2. The van der Waals surface area contributed by atoms with Gasteiger partial charge in [-0.1, -0.05) is 0 Å². The van der Waals surface area contributed by atoms with Gasteiger partial charge in [-0.15, -0.1) is 0 Å². The van der Waals surface area contributed by atoms with E-state index in [4.69, 9.17) is 10.5 Å². The number of hydrogen-bond donors (Lipinski definition) is 2. The van der Waals surface area contributed by atoms with Gasteiger partial charge in [0.2, 0.25) is 0 Å². The first-order chi connectivity index (χ1) is 8.56. The summed E-state index contributed by atoms with van der Waals surface area (Å²) in [4.78, 5) is 11.2. The number of ether oxygens (including phenoxy) is 1. The average molecular weight is 315 g/mol. The Morgan fingerprint density at radius 3 is 2.83 bits per heavy atom. The molecular formula is C10H8BrFN4O2. The quantitative estimate of drug-likeness (QED) is 0.897. The molecule has 94 valence electrons. The lowest BCUT2D eigenvalue weighted by atomic mass is 10.1. The molecule has 2 aromatic rings. The summed E-state index contributed by atoms with van der Waals surface area (Å²) in [6.45, 7) is 0. The summed E-state index contributed by atoms with van der Waals surface area (Å²) < 4.78 is 19.2. The van der Waals surface area contributed by atoms with E-state index in [1.165, 1.54) is 19.2 Å². The van der Waals surface area contributed by atoms with Gasteiger partial charge in [-0.05, 0) is 28.1 Å². The van der Waals surface area contributed by atoms with E-state index in [9.17, 15) is 9.18 Å². The summed E-state index contributed by atoms with van der Waals surface area (Å²) >= 11 is 3.20. The summed E-state index contributed by atoms with van der Waals surface area (Å²) in [5, 5.41) is 9.57. The fraction of sp³-hybridized carbons (Fsp3) is 0.100. The second-order valence-corrected chi connectivity index (χ2v) is 4.12. The number of hydrogen-bond acceptors (Lipinski definition) is 4. The fourth-order valence-corrected chi connectivity index (χ4v) is 2.16. The standard InChI is InChI=1S/C10H8BrFN4O2/c1-18-5-3-2-4(12)6(7(5)11)8-9(10(13)17)15-16-14-8/h2-3H,1H3,(H2,13,17)(H,14,15,16). The van der Waals surface area contributed by atoms with Crippen molar-refractivity contribution in [3.63, 3.8) is 0 Å². The van der Waals surface area contributed by atoms with Gasteiger partial charge in [-0.25, -0.2) is 4.39 Å². The van der Waals surface area contributed by atoms with Crippen molar-refractivity contribution in [3.8, 4) is 17.0 Å². The van der Waals surface area contributed by atoms with Gasteiger partial charge < -0.3 is 10.5 Å². The predicted octanol–water partition coefficient (Wildman–Crippen LogP) is 1.48. The van der Waals surface area contributed by atoms with E-state index in [2.05, 4.69) is 31.3 Å². The molecule has 0 bridgehead atoms. The number of nitrogens with one attached hydrogen (secondary N) is 1. The van der Waals surface area contributed by atoms with Gasteiger partial charge in [-0.3, -0.25) is 4.79 Å². The zero-order chi connectivity index (χ0) is 13.3. The first-order valence-electron chi connectivity index (χ1n) is 4.79. The minimum atomic E-state index is -0.798. The number of aromatic nitrogens is 3. The van der Waals surface area contributed by atoms with E-state index in [-0.39, 0.29) is 17.0 Å². The molecule has 0 aliphatic heterocycles. The van der Waals surface area contributed by atoms with Gasteiger partial charge in [0.05, 0.1) is 17.1 Å². The van der Waals surface area contributed by atoms with Crippen LogP contribution in [0.3, 0.4) is 0 Å². The van der Waals surface area contributed by atoms with Crippen LogP contribution in [0.2, 0.25) is 0 Å².